The molecule has 0 aliphatic rings. The van der Waals surface area contributed by atoms with Gasteiger partial charge >= 0.3 is 0 Å². The van der Waals surface area contributed by atoms with Crippen molar-refractivity contribution >= 4 is 45.1 Å². The van der Waals surface area contributed by atoms with Gasteiger partial charge in [-0.05, 0) is 30.4 Å². The number of benzene rings is 1. The smallest absolute Gasteiger partial charge is 0.225 e. The summed E-state index contributed by atoms with van der Waals surface area (Å²) in [5.41, 5.74) is 1.64. The third-order valence-electron chi connectivity index (χ3n) is 3.58. The second-order valence-corrected chi connectivity index (χ2v) is 6.06. The number of ketones is 1. The van der Waals surface area contributed by atoms with Gasteiger partial charge in [0, 0.05) is 42.0 Å². The van der Waals surface area contributed by atoms with Crippen LogP contribution in [0.1, 0.15) is 23.0 Å². The number of carbonyl (C=O) groups excluding carboxylic acids is 2. The average Bonchev–Trinajstić information content (AvgIpc) is 3.18. The van der Waals surface area contributed by atoms with E-state index in [-0.39, 0.29) is 17.5 Å². The molecule has 3 rings (SSSR count). The van der Waals surface area contributed by atoms with E-state index < -0.39 is 0 Å². The lowest BCUT2D eigenvalue weighted by atomic mass is 10.1. The van der Waals surface area contributed by atoms with Crippen LogP contribution in [0.4, 0.5) is 9.52 Å². The number of H-pyrrole nitrogens is 1. The molecule has 1 amide bonds. The minimum absolute atomic E-state index is 0.109. The third-order valence-corrected chi connectivity index (χ3v) is 4.52. The minimum atomic E-state index is -0.358. The van der Waals surface area contributed by atoms with Crippen molar-refractivity contribution in [3.63, 3.8) is 0 Å². The number of fused-ring (bicyclic) bond motifs is 1. The number of rotatable bonds is 4. The standard InChI is InChI=1S/C17H14FN3O2S/c1-10(22)21(2)17-20-12(9-24-17)4-6-16(23)14-8-19-15-7-11(18)3-5-13(14)15/h3-9,19H,1-2H3/b6-4-. The fourth-order valence-electron chi connectivity index (χ4n) is 2.19. The van der Waals surface area contributed by atoms with Crippen LogP contribution in [0.15, 0.2) is 35.9 Å². The fourth-order valence-corrected chi connectivity index (χ4v) is 3.00. The summed E-state index contributed by atoms with van der Waals surface area (Å²) in [5.74, 6) is -0.673. The SMILES string of the molecule is CC(=O)N(C)c1nc(/C=C\C(=O)c2c[nH]c3cc(F)ccc23)cs1. The maximum absolute atomic E-state index is 13.2. The first-order valence-corrected chi connectivity index (χ1v) is 8.02. The Balaban J connectivity index is 1.81. The molecule has 122 valence electrons. The Labute approximate surface area is 141 Å². The predicted octanol–water partition coefficient (Wildman–Crippen LogP) is 3.64. The molecule has 2 aromatic heterocycles. The molecule has 0 unspecified atom stereocenters. The summed E-state index contributed by atoms with van der Waals surface area (Å²) in [5, 5.41) is 3.00. The maximum atomic E-state index is 13.2. The Bertz CT molecular complexity index is 958. The van der Waals surface area contributed by atoms with Crippen molar-refractivity contribution in [1.29, 1.82) is 0 Å². The van der Waals surface area contributed by atoms with Gasteiger partial charge in [-0.1, -0.05) is 0 Å². The highest BCUT2D eigenvalue weighted by atomic mass is 32.1. The summed E-state index contributed by atoms with van der Waals surface area (Å²) in [6, 6.07) is 4.24. The number of anilines is 1. The average molecular weight is 343 g/mol. The van der Waals surface area contributed by atoms with Gasteiger partial charge in [0.05, 0.1) is 5.69 Å². The Kier molecular flexibility index (Phi) is 4.26. The largest absolute Gasteiger partial charge is 0.360 e. The number of aromatic nitrogens is 2. The van der Waals surface area contributed by atoms with Crippen LogP contribution < -0.4 is 4.90 Å². The van der Waals surface area contributed by atoms with E-state index >= 15 is 0 Å². The van der Waals surface area contributed by atoms with Crippen LogP contribution >= 0.6 is 11.3 Å². The summed E-state index contributed by atoms with van der Waals surface area (Å²) in [4.78, 5) is 32.3. The van der Waals surface area contributed by atoms with Gasteiger partial charge in [0.15, 0.2) is 10.9 Å². The maximum Gasteiger partial charge on any atom is 0.225 e. The number of carbonyl (C=O) groups is 2. The number of allylic oxidation sites excluding steroid dienone is 1. The zero-order chi connectivity index (χ0) is 17.3. The van der Waals surface area contributed by atoms with E-state index in [0.717, 1.165) is 0 Å². The minimum Gasteiger partial charge on any atom is -0.360 e. The monoisotopic (exact) mass is 343 g/mol. The number of amides is 1. The molecule has 5 nitrogen and oxygen atoms in total. The molecule has 7 heteroatoms. The number of hydrogen-bond acceptors (Lipinski definition) is 4. The number of thiazole rings is 1. The lowest BCUT2D eigenvalue weighted by molar-refractivity contribution is -0.116. The van der Waals surface area contributed by atoms with Crippen molar-refractivity contribution in [1.82, 2.24) is 9.97 Å². The molecule has 0 saturated heterocycles. The quantitative estimate of drug-likeness (QED) is 0.581. The Morgan fingerprint density at radius 1 is 1.38 bits per heavy atom. The first-order valence-electron chi connectivity index (χ1n) is 7.14. The van der Waals surface area contributed by atoms with E-state index in [9.17, 15) is 14.0 Å². The van der Waals surface area contributed by atoms with E-state index in [4.69, 9.17) is 0 Å². The molecule has 0 radical (unpaired) electrons. The number of nitrogens with one attached hydrogen (secondary N) is 1. The van der Waals surface area contributed by atoms with Crippen LogP contribution in [0, 0.1) is 5.82 Å². The molecule has 0 saturated carbocycles. The molecule has 0 aliphatic heterocycles. The molecule has 24 heavy (non-hydrogen) atoms. The van der Waals surface area contributed by atoms with E-state index in [1.165, 1.54) is 41.4 Å². The summed E-state index contributed by atoms with van der Waals surface area (Å²) in [7, 11) is 1.64. The van der Waals surface area contributed by atoms with Gasteiger partial charge in [0.2, 0.25) is 5.91 Å². The number of hydrogen-bond donors (Lipinski definition) is 1. The van der Waals surface area contributed by atoms with Crippen LogP contribution in [0.3, 0.4) is 0 Å². The molecule has 0 aliphatic carbocycles. The van der Waals surface area contributed by atoms with Gasteiger partial charge in [-0.2, -0.15) is 0 Å². The highest BCUT2D eigenvalue weighted by Gasteiger charge is 2.11. The summed E-state index contributed by atoms with van der Waals surface area (Å²) < 4.78 is 13.2. The molecule has 2 heterocycles. The Morgan fingerprint density at radius 3 is 2.92 bits per heavy atom. The molecular formula is C17H14FN3O2S. The number of aromatic amines is 1. The van der Waals surface area contributed by atoms with Gasteiger partial charge in [-0.15, -0.1) is 11.3 Å². The highest BCUT2D eigenvalue weighted by molar-refractivity contribution is 7.14. The van der Waals surface area contributed by atoms with Crippen LogP contribution in [-0.2, 0) is 4.79 Å². The van der Waals surface area contributed by atoms with Crippen molar-refractivity contribution in [2.24, 2.45) is 0 Å². The molecule has 0 atom stereocenters. The zero-order valence-electron chi connectivity index (χ0n) is 13.0. The van der Waals surface area contributed by atoms with Gasteiger partial charge in [-0.3, -0.25) is 14.5 Å². The molecule has 0 fully saturated rings. The lowest BCUT2D eigenvalue weighted by Crippen LogP contribution is -2.22. The first-order chi connectivity index (χ1) is 11.5. The molecule has 0 spiro atoms. The summed E-state index contributed by atoms with van der Waals surface area (Å²) in [6.07, 6.45) is 4.57. The van der Waals surface area contributed by atoms with Gasteiger partial charge < -0.3 is 4.98 Å². The zero-order valence-corrected chi connectivity index (χ0v) is 13.9. The van der Waals surface area contributed by atoms with E-state index in [2.05, 4.69) is 9.97 Å². The van der Waals surface area contributed by atoms with Crippen LogP contribution in [0.5, 0.6) is 0 Å². The van der Waals surface area contributed by atoms with Crippen molar-refractivity contribution in [3.8, 4) is 0 Å². The molecule has 1 N–H and O–H groups in total. The van der Waals surface area contributed by atoms with Gasteiger partial charge in [-0.25, -0.2) is 9.37 Å². The van der Waals surface area contributed by atoms with Crippen molar-refractivity contribution in [2.45, 2.75) is 6.92 Å². The topological polar surface area (TPSA) is 66.1 Å². The first kappa shape index (κ1) is 16.1. The fraction of sp³-hybridized carbons (Fsp3) is 0.118. The van der Waals surface area contributed by atoms with Crippen molar-refractivity contribution < 1.29 is 14.0 Å². The van der Waals surface area contributed by atoms with Crippen LogP contribution in [-0.4, -0.2) is 28.7 Å². The summed E-state index contributed by atoms with van der Waals surface area (Å²) >= 11 is 1.32. The van der Waals surface area contributed by atoms with E-state index in [0.29, 0.717) is 27.3 Å². The molecule has 0 bridgehead atoms. The Morgan fingerprint density at radius 2 is 2.17 bits per heavy atom. The van der Waals surface area contributed by atoms with E-state index in [1.807, 2.05) is 0 Å². The lowest BCUT2D eigenvalue weighted by Gasteiger charge is -2.09. The molecule has 1 aromatic carbocycles. The van der Waals surface area contributed by atoms with Gasteiger partial charge in [0.25, 0.3) is 0 Å². The van der Waals surface area contributed by atoms with Crippen molar-refractivity contribution in [2.75, 3.05) is 11.9 Å². The van der Waals surface area contributed by atoms with Crippen LogP contribution in [0.2, 0.25) is 0 Å². The molecule has 3 aromatic rings. The Hall–Kier alpha value is -2.80. The second kappa shape index (κ2) is 6.37. The second-order valence-electron chi connectivity index (χ2n) is 5.22. The highest BCUT2D eigenvalue weighted by Crippen LogP contribution is 2.22. The third kappa shape index (κ3) is 3.11. The summed E-state index contributed by atoms with van der Waals surface area (Å²) in [6.45, 7) is 1.46. The van der Waals surface area contributed by atoms with Crippen molar-refractivity contribution in [3.05, 3.63) is 52.9 Å². The van der Waals surface area contributed by atoms with Crippen LogP contribution in [0.25, 0.3) is 17.0 Å². The number of halogens is 1. The van der Waals surface area contributed by atoms with E-state index in [1.54, 1.807) is 30.8 Å². The predicted molar refractivity (Wildman–Crippen MR) is 92.8 cm³/mol. The normalized spacial score (nSPS) is 11.3. The molecular weight excluding hydrogens is 329 g/mol. The van der Waals surface area contributed by atoms with Gasteiger partial charge in [0.1, 0.15) is 5.82 Å². The number of nitrogens with zero attached hydrogens (tertiary/aromatic N) is 2.